The fourth-order valence-corrected chi connectivity index (χ4v) is 3.75. The summed E-state index contributed by atoms with van der Waals surface area (Å²) in [6.45, 7) is 2.16. The number of benzene rings is 2. The lowest BCUT2D eigenvalue weighted by Crippen LogP contribution is -2.41. The van der Waals surface area contributed by atoms with Crippen LogP contribution in [-0.2, 0) is 19.1 Å². The Bertz CT molecular complexity index is 1010. The van der Waals surface area contributed by atoms with Crippen LogP contribution in [0.25, 0.3) is 0 Å². The monoisotopic (exact) mass is 475 g/mol. The SMILES string of the molecule is CCOc1ccc(NC(=O)C[C@H]2C(=O)N(c3ccc(Cl)cc3)C(=S)N2CC(=O)OC)cc1. The van der Waals surface area contributed by atoms with Crippen LogP contribution in [0.2, 0.25) is 5.02 Å². The molecule has 2 aromatic rings. The Balaban J connectivity index is 1.78. The predicted molar refractivity (Wildman–Crippen MR) is 125 cm³/mol. The number of hydrogen-bond acceptors (Lipinski definition) is 6. The Hall–Kier alpha value is -3.17. The molecule has 1 aliphatic rings. The van der Waals surface area contributed by atoms with Crippen LogP contribution < -0.4 is 15.0 Å². The molecule has 0 radical (unpaired) electrons. The summed E-state index contributed by atoms with van der Waals surface area (Å²) in [5, 5.41) is 3.37. The second kappa shape index (κ2) is 10.4. The molecule has 32 heavy (non-hydrogen) atoms. The van der Waals surface area contributed by atoms with Crippen LogP contribution in [0.1, 0.15) is 13.3 Å². The number of esters is 1. The van der Waals surface area contributed by atoms with Crippen molar-refractivity contribution in [2.24, 2.45) is 0 Å². The standard InChI is InChI=1S/C22H22ClN3O5S/c1-3-31-17-10-6-15(7-11-17)24-19(27)12-18-21(29)26(16-8-4-14(23)5-9-16)22(32)25(18)13-20(28)30-2/h4-11,18H,3,12-13H2,1-2H3,(H,24,27)/t18-/m0/s1. The molecule has 2 aromatic carbocycles. The van der Waals surface area contributed by atoms with Crippen molar-refractivity contribution in [2.75, 3.05) is 30.5 Å². The number of rotatable bonds is 8. The lowest BCUT2D eigenvalue weighted by Gasteiger charge is -2.22. The predicted octanol–water partition coefficient (Wildman–Crippen LogP) is 3.24. The molecule has 1 aliphatic heterocycles. The molecule has 1 fully saturated rings. The molecule has 1 N–H and O–H groups in total. The minimum Gasteiger partial charge on any atom is -0.494 e. The summed E-state index contributed by atoms with van der Waals surface area (Å²) in [7, 11) is 1.24. The van der Waals surface area contributed by atoms with E-state index in [2.05, 4.69) is 5.32 Å². The molecule has 0 spiro atoms. The lowest BCUT2D eigenvalue weighted by atomic mass is 10.1. The minimum absolute atomic E-state index is 0.113. The molecule has 0 aromatic heterocycles. The van der Waals surface area contributed by atoms with Gasteiger partial charge in [0, 0.05) is 10.7 Å². The molecule has 1 heterocycles. The second-order valence-electron chi connectivity index (χ2n) is 6.86. The fourth-order valence-electron chi connectivity index (χ4n) is 3.23. The summed E-state index contributed by atoms with van der Waals surface area (Å²) in [6.07, 6.45) is -0.201. The molecular formula is C22H22ClN3O5S. The van der Waals surface area contributed by atoms with Crippen molar-refractivity contribution in [1.82, 2.24) is 4.90 Å². The van der Waals surface area contributed by atoms with Gasteiger partial charge < -0.3 is 19.7 Å². The Labute approximate surface area is 196 Å². The van der Waals surface area contributed by atoms with Crippen molar-refractivity contribution in [3.63, 3.8) is 0 Å². The van der Waals surface area contributed by atoms with Crippen LogP contribution in [0.3, 0.4) is 0 Å². The zero-order valence-electron chi connectivity index (χ0n) is 17.5. The third-order valence-corrected chi connectivity index (χ3v) is 5.43. The zero-order chi connectivity index (χ0) is 23.3. The Morgan fingerprint density at radius 3 is 2.38 bits per heavy atom. The third-order valence-electron chi connectivity index (χ3n) is 4.76. The van der Waals surface area contributed by atoms with E-state index in [4.69, 9.17) is 33.3 Å². The van der Waals surface area contributed by atoms with E-state index in [1.54, 1.807) is 48.5 Å². The molecule has 0 bridgehead atoms. The number of anilines is 2. The highest BCUT2D eigenvalue weighted by atomic mass is 35.5. The molecule has 10 heteroatoms. The van der Waals surface area contributed by atoms with Gasteiger partial charge in [-0.3, -0.25) is 19.3 Å². The van der Waals surface area contributed by atoms with Gasteiger partial charge in [0.15, 0.2) is 5.11 Å². The molecule has 0 saturated carbocycles. The smallest absolute Gasteiger partial charge is 0.325 e. The summed E-state index contributed by atoms with van der Waals surface area (Å²) in [5.74, 6) is -0.703. The summed E-state index contributed by atoms with van der Waals surface area (Å²) in [4.78, 5) is 40.5. The summed E-state index contributed by atoms with van der Waals surface area (Å²) in [6, 6.07) is 12.5. The first kappa shape index (κ1) is 23.5. The fraction of sp³-hybridized carbons (Fsp3) is 0.273. The van der Waals surface area contributed by atoms with Crippen molar-refractivity contribution < 1.29 is 23.9 Å². The number of ether oxygens (including phenoxy) is 2. The van der Waals surface area contributed by atoms with Crippen LogP contribution in [0.4, 0.5) is 11.4 Å². The van der Waals surface area contributed by atoms with E-state index < -0.39 is 23.8 Å². The number of halogens is 1. The summed E-state index contributed by atoms with van der Waals surface area (Å²) in [5.41, 5.74) is 1.05. The largest absolute Gasteiger partial charge is 0.494 e. The van der Waals surface area contributed by atoms with Crippen LogP contribution in [-0.4, -0.2) is 54.1 Å². The number of methoxy groups -OCH3 is 1. The van der Waals surface area contributed by atoms with Crippen LogP contribution >= 0.6 is 23.8 Å². The molecule has 3 rings (SSSR count). The van der Waals surface area contributed by atoms with Crippen molar-refractivity contribution in [1.29, 1.82) is 0 Å². The van der Waals surface area contributed by atoms with Gasteiger partial charge in [-0.2, -0.15) is 0 Å². The number of amides is 2. The van der Waals surface area contributed by atoms with Crippen LogP contribution in [0.5, 0.6) is 5.75 Å². The van der Waals surface area contributed by atoms with Crippen molar-refractivity contribution in [3.8, 4) is 5.75 Å². The first-order valence-electron chi connectivity index (χ1n) is 9.83. The Morgan fingerprint density at radius 2 is 1.78 bits per heavy atom. The van der Waals surface area contributed by atoms with E-state index >= 15 is 0 Å². The van der Waals surface area contributed by atoms with E-state index in [-0.39, 0.29) is 18.1 Å². The van der Waals surface area contributed by atoms with Gasteiger partial charge in [-0.15, -0.1) is 0 Å². The number of carbonyl (C=O) groups is 3. The van der Waals surface area contributed by atoms with E-state index in [1.807, 2.05) is 6.92 Å². The molecular weight excluding hydrogens is 454 g/mol. The van der Waals surface area contributed by atoms with E-state index in [0.717, 1.165) is 0 Å². The van der Waals surface area contributed by atoms with Gasteiger partial charge in [-0.05, 0) is 67.7 Å². The molecule has 0 unspecified atom stereocenters. The average Bonchev–Trinajstić information content (AvgIpc) is 3.00. The number of nitrogens with zero attached hydrogens (tertiary/aromatic N) is 2. The van der Waals surface area contributed by atoms with Crippen LogP contribution in [0.15, 0.2) is 48.5 Å². The van der Waals surface area contributed by atoms with E-state index in [1.165, 1.54) is 16.9 Å². The first-order valence-corrected chi connectivity index (χ1v) is 10.6. The molecule has 1 atom stereocenters. The summed E-state index contributed by atoms with van der Waals surface area (Å²) >= 11 is 11.4. The highest BCUT2D eigenvalue weighted by Gasteiger charge is 2.45. The Kier molecular flexibility index (Phi) is 7.66. The van der Waals surface area contributed by atoms with Gasteiger partial charge in [0.1, 0.15) is 18.3 Å². The highest BCUT2D eigenvalue weighted by Crippen LogP contribution is 2.28. The topological polar surface area (TPSA) is 88.2 Å². The summed E-state index contributed by atoms with van der Waals surface area (Å²) < 4.78 is 10.1. The van der Waals surface area contributed by atoms with Gasteiger partial charge in [0.25, 0.3) is 5.91 Å². The average molecular weight is 476 g/mol. The minimum atomic E-state index is -0.958. The Morgan fingerprint density at radius 1 is 1.12 bits per heavy atom. The van der Waals surface area contributed by atoms with E-state index in [0.29, 0.717) is 28.8 Å². The molecule has 8 nitrogen and oxygen atoms in total. The van der Waals surface area contributed by atoms with Gasteiger partial charge >= 0.3 is 5.97 Å². The maximum absolute atomic E-state index is 13.2. The van der Waals surface area contributed by atoms with Crippen molar-refractivity contribution >= 4 is 58.1 Å². The maximum Gasteiger partial charge on any atom is 0.325 e. The molecule has 1 saturated heterocycles. The van der Waals surface area contributed by atoms with Crippen molar-refractivity contribution in [3.05, 3.63) is 53.6 Å². The number of hydrogen-bond donors (Lipinski definition) is 1. The van der Waals surface area contributed by atoms with Gasteiger partial charge in [-0.25, -0.2) is 0 Å². The number of carbonyl (C=O) groups excluding carboxylic acids is 3. The zero-order valence-corrected chi connectivity index (χ0v) is 19.1. The third kappa shape index (κ3) is 5.35. The van der Waals surface area contributed by atoms with Crippen molar-refractivity contribution in [2.45, 2.75) is 19.4 Å². The molecule has 0 aliphatic carbocycles. The van der Waals surface area contributed by atoms with Gasteiger partial charge in [0.05, 0.1) is 25.8 Å². The lowest BCUT2D eigenvalue weighted by molar-refractivity contribution is -0.141. The van der Waals surface area contributed by atoms with E-state index in [9.17, 15) is 14.4 Å². The number of nitrogens with one attached hydrogen (secondary N) is 1. The number of thiocarbonyl (C=S) groups is 1. The quantitative estimate of drug-likeness (QED) is 0.463. The van der Waals surface area contributed by atoms with Crippen LogP contribution in [0, 0.1) is 0 Å². The first-order chi connectivity index (χ1) is 15.3. The maximum atomic E-state index is 13.2. The molecule has 2 amide bonds. The normalized spacial score (nSPS) is 15.7. The van der Waals surface area contributed by atoms with Gasteiger partial charge in [-0.1, -0.05) is 11.6 Å². The van der Waals surface area contributed by atoms with Gasteiger partial charge in [0.2, 0.25) is 5.91 Å². The second-order valence-corrected chi connectivity index (χ2v) is 7.66. The molecule has 168 valence electrons. The highest BCUT2D eigenvalue weighted by molar-refractivity contribution is 7.80.